The van der Waals surface area contributed by atoms with Crippen LogP contribution in [0, 0.1) is 5.92 Å². The van der Waals surface area contributed by atoms with Crippen LogP contribution in [0.4, 0.5) is 0 Å². The first-order valence-corrected chi connectivity index (χ1v) is 11.9. The largest absolute Gasteiger partial charge is 0.489 e. The van der Waals surface area contributed by atoms with Gasteiger partial charge in [-0.25, -0.2) is 0 Å². The number of piperidine rings is 1. The highest BCUT2D eigenvalue weighted by atomic mass is 16.5. The van der Waals surface area contributed by atoms with Crippen molar-refractivity contribution in [1.29, 1.82) is 0 Å². The van der Waals surface area contributed by atoms with Crippen LogP contribution in [-0.2, 0) is 11.4 Å². The zero-order chi connectivity index (χ0) is 23.3. The van der Waals surface area contributed by atoms with Gasteiger partial charge in [-0.2, -0.15) is 0 Å². The van der Waals surface area contributed by atoms with E-state index in [4.69, 9.17) is 4.74 Å². The molecule has 4 nitrogen and oxygen atoms in total. The minimum absolute atomic E-state index is 0.0477. The van der Waals surface area contributed by atoms with E-state index in [-0.39, 0.29) is 12.0 Å². The lowest BCUT2D eigenvalue weighted by Crippen LogP contribution is -2.41. The maximum absolute atomic E-state index is 11.8. The molecule has 1 fully saturated rings. The molecule has 2 unspecified atom stereocenters. The Balaban J connectivity index is 1.53. The van der Waals surface area contributed by atoms with E-state index in [0.29, 0.717) is 13.2 Å². The molecule has 5 rings (SSSR count). The van der Waals surface area contributed by atoms with Crippen LogP contribution in [0.25, 0.3) is 10.8 Å². The third kappa shape index (κ3) is 4.82. The highest BCUT2D eigenvalue weighted by Gasteiger charge is 2.32. The highest BCUT2D eigenvalue weighted by Crippen LogP contribution is 2.37. The average Bonchev–Trinajstić information content (AvgIpc) is 2.89. The number of hydrogen-bond acceptors (Lipinski definition) is 3. The molecule has 1 aliphatic heterocycles. The Morgan fingerprint density at radius 2 is 1.71 bits per heavy atom. The normalized spacial score (nSPS) is 17.4. The quantitative estimate of drug-likeness (QED) is 0.358. The Kier molecular flexibility index (Phi) is 6.59. The first kappa shape index (κ1) is 22.2. The van der Waals surface area contributed by atoms with Gasteiger partial charge >= 0.3 is 5.97 Å². The zero-order valence-corrected chi connectivity index (χ0v) is 19.1. The van der Waals surface area contributed by atoms with E-state index in [2.05, 4.69) is 71.6 Å². The maximum atomic E-state index is 11.8. The van der Waals surface area contributed by atoms with E-state index in [1.165, 1.54) is 16.3 Å². The van der Waals surface area contributed by atoms with Gasteiger partial charge in [0.05, 0.1) is 12.0 Å². The molecule has 34 heavy (non-hydrogen) atoms. The number of carbonyl (C=O) groups is 1. The minimum Gasteiger partial charge on any atom is -0.489 e. The highest BCUT2D eigenvalue weighted by molar-refractivity contribution is 5.86. The van der Waals surface area contributed by atoms with Crippen molar-refractivity contribution in [1.82, 2.24) is 4.90 Å². The Morgan fingerprint density at radius 1 is 0.941 bits per heavy atom. The molecule has 4 aromatic rings. The molecule has 172 valence electrons. The summed E-state index contributed by atoms with van der Waals surface area (Å²) in [4.78, 5) is 14.2. The number of ether oxygens (including phenoxy) is 1. The third-order valence-corrected chi connectivity index (χ3v) is 6.71. The second kappa shape index (κ2) is 10.1. The second-order valence-electron chi connectivity index (χ2n) is 8.99. The average molecular weight is 452 g/mol. The molecule has 1 heterocycles. The van der Waals surface area contributed by atoms with Crippen LogP contribution < -0.4 is 4.74 Å². The first-order chi connectivity index (χ1) is 16.7. The standard InChI is InChI=1S/C30H29NO3/c32-30(33)25-14-8-18-31(20-25)29(28-17-7-12-23-11-4-5-16-27(23)28)24-13-6-15-26(19-24)34-21-22-9-2-1-3-10-22/h1-7,9-13,15-17,19,25,29H,8,14,18,20-21H2,(H,32,33). The summed E-state index contributed by atoms with van der Waals surface area (Å²) in [5.74, 6) is -0.233. The van der Waals surface area contributed by atoms with E-state index >= 15 is 0 Å². The van der Waals surface area contributed by atoms with E-state index in [9.17, 15) is 9.90 Å². The SMILES string of the molecule is O=C(O)C1CCCN(C(c2cccc(OCc3ccccc3)c2)c2cccc3ccccc23)C1. The number of benzene rings is 4. The molecule has 1 N–H and O–H groups in total. The lowest BCUT2D eigenvalue weighted by molar-refractivity contribution is -0.143. The molecule has 0 aromatic heterocycles. The van der Waals surface area contributed by atoms with Gasteiger partial charge in [-0.05, 0) is 59.0 Å². The summed E-state index contributed by atoms with van der Waals surface area (Å²) < 4.78 is 6.14. The molecule has 1 aliphatic rings. The summed E-state index contributed by atoms with van der Waals surface area (Å²) in [5, 5.41) is 12.1. The van der Waals surface area contributed by atoms with Crippen molar-refractivity contribution < 1.29 is 14.6 Å². The Morgan fingerprint density at radius 3 is 2.56 bits per heavy atom. The van der Waals surface area contributed by atoms with Crippen LogP contribution in [-0.4, -0.2) is 29.1 Å². The van der Waals surface area contributed by atoms with Crippen molar-refractivity contribution >= 4 is 16.7 Å². The van der Waals surface area contributed by atoms with Crippen LogP contribution in [0.15, 0.2) is 97.1 Å². The van der Waals surface area contributed by atoms with Crippen molar-refractivity contribution in [2.75, 3.05) is 13.1 Å². The van der Waals surface area contributed by atoms with Gasteiger partial charge in [-0.3, -0.25) is 9.69 Å². The molecule has 0 radical (unpaired) electrons. The van der Waals surface area contributed by atoms with Crippen molar-refractivity contribution in [3.63, 3.8) is 0 Å². The number of rotatable bonds is 7. The number of hydrogen-bond donors (Lipinski definition) is 1. The summed E-state index contributed by atoms with van der Waals surface area (Å²) in [6, 6.07) is 33.2. The number of carboxylic acids is 1. The molecule has 2 atom stereocenters. The lowest BCUT2D eigenvalue weighted by Gasteiger charge is -2.38. The van der Waals surface area contributed by atoms with E-state index in [0.717, 1.165) is 36.3 Å². The molecule has 0 amide bonds. The van der Waals surface area contributed by atoms with Crippen LogP contribution in [0.2, 0.25) is 0 Å². The minimum atomic E-state index is -0.707. The number of aliphatic carboxylic acids is 1. The van der Waals surface area contributed by atoms with Crippen molar-refractivity contribution in [2.45, 2.75) is 25.5 Å². The fraction of sp³-hybridized carbons (Fsp3) is 0.233. The molecular weight excluding hydrogens is 422 g/mol. The predicted molar refractivity (Wildman–Crippen MR) is 135 cm³/mol. The number of fused-ring (bicyclic) bond motifs is 1. The smallest absolute Gasteiger partial charge is 0.307 e. The summed E-state index contributed by atoms with van der Waals surface area (Å²) in [7, 11) is 0. The van der Waals surface area contributed by atoms with Gasteiger partial charge in [0.25, 0.3) is 0 Å². The zero-order valence-electron chi connectivity index (χ0n) is 19.1. The van der Waals surface area contributed by atoms with Crippen molar-refractivity contribution in [3.05, 3.63) is 114 Å². The fourth-order valence-corrected chi connectivity index (χ4v) is 5.03. The summed E-state index contributed by atoms with van der Waals surface area (Å²) in [5.41, 5.74) is 3.44. The molecule has 0 aliphatic carbocycles. The van der Waals surface area contributed by atoms with E-state index in [1.54, 1.807) is 0 Å². The van der Waals surface area contributed by atoms with Crippen LogP contribution in [0.5, 0.6) is 5.75 Å². The van der Waals surface area contributed by atoms with E-state index in [1.807, 2.05) is 30.3 Å². The monoisotopic (exact) mass is 451 g/mol. The molecular formula is C30H29NO3. The Hall–Kier alpha value is -3.63. The summed E-state index contributed by atoms with van der Waals surface area (Å²) >= 11 is 0. The molecule has 4 heteroatoms. The topological polar surface area (TPSA) is 49.8 Å². The Bertz CT molecular complexity index is 1270. The summed E-state index contributed by atoms with van der Waals surface area (Å²) in [6.07, 6.45) is 1.61. The van der Waals surface area contributed by atoms with Gasteiger partial charge in [0.1, 0.15) is 12.4 Å². The summed E-state index contributed by atoms with van der Waals surface area (Å²) in [6.45, 7) is 1.92. The van der Waals surface area contributed by atoms with Gasteiger partial charge in [0, 0.05) is 6.54 Å². The van der Waals surface area contributed by atoms with Gasteiger partial charge < -0.3 is 9.84 Å². The van der Waals surface area contributed by atoms with Gasteiger partial charge in [-0.1, -0.05) is 84.9 Å². The number of nitrogens with zero attached hydrogens (tertiary/aromatic N) is 1. The molecule has 0 saturated carbocycles. The van der Waals surface area contributed by atoms with Gasteiger partial charge in [-0.15, -0.1) is 0 Å². The van der Waals surface area contributed by atoms with Gasteiger partial charge in [0.15, 0.2) is 0 Å². The molecule has 0 bridgehead atoms. The van der Waals surface area contributed by atoms with Crippen LogP contribution >= 0.6 is 0 Å². The Labute approximate surface area is 200 Å². The number of carboxylic acid groups (broad SMARTS) is 1. The fourth-order valence-electron chi connectivity index (χ4n) is 5.03. The van der Waals surface area contributed by atoms with E-state index < -0.39 is 5.97 Å². The lowest BCUT2D eigenvalue weighted by atomic mass is 9.89. The maximum Gasteiger partial charge on any atom is 0.307 e. The van der Waals surface area contributed by atoms with Crippen LogP contribution in [0.1, 0.15) is 35.6 Å². The molecule has 4 aromatic carbocycles. The first-order valence-electron chi connectivity index (χ1n) is 11.9. The molecule has 0 spiro atoms. The van der Waals surface area contributed by atoms with Gasteiger partial charge in [0.2, 0.25) is 0 Å². The van der Waals surface area contributed by atoms with Crippen molar-refractivity contribution in [2.24, 2.45) is 5.92 Å². The van der Waals surface area contributed by atoms with Crippen LogP contribution in [0.3, 0.4) is 0 Å². The predicted octanol–water partition coefficient (Wildman–Crippen LogP) is 6.30. The third-order valence-electron chi connectivity index (χ3n) is 6.71. The second-order valence-corrected chi connectivity index (χ2v) is 8.99. The number of likely N-dealkylation sites (tertiary alicyclic amines) is 1. The molecule has 1 saturated heterocycles. The van der Waals surface area contributed by atoms with Crippen molar-refractivity contribution in [3.8, 4) is 5.75 Å².